The van der Waals surface area contributed by atoms with E-state index in [-0.39, 0.29) is 27.1 Å². The van der Waals surface area contributed by atoms with Crippen molar-refractivity contribution in [3.63, 3.8) is 0 Å². The Morgan fingerprint density at radius 2 is 1.66 bits per heavy atom. The standard InChI is InChI=1S/C15H12BrClF4N2O2.C7H12ClN5/c1-6(2)25-14(24)7-4-8(10(18)5-9(7)17)12-11(16)13(15(19,20)21)23(3)22-12;1-3-9-6-11-5(8)12-7(13-6)10-4-2/h4-6H,1-3H3;3-4H2,1-2H3,(H2,9,10,11,12,13). The number of nitrogens with one attached hydrogen (secondary N) is 2. The molecule has 16 heteroatoms. The van der Waals surface area contributed by atoms with Crippen LogP contribution in [0, 0.1) is 5.82 Å². The average Bonchev–Trinajstić information content (AvgIpc) is 3.07. The summed E-state index contributed by atoms with van der Waals surface area (Å²) in [6.45, 7) is 8.66. The lowest BCUT2D eigenvalue weighted by Crippen LogP contribution is -2.12. The number of esters is 1. The number of hydrogen-bond acceptors (Lipinski definition) is 8. The lowest BCUT2D eigenvalue weighted by atomic mass is 10.1. The molecule has 2 N–H and O–H groups in total. The first-order valence-corrected chi connectivity index (χ1v) is 12.6. The summed E-state index contributed by atoms with van der Waals surface area (Å²) in [7, 11) is 1.08. The molecule has 1 aromatic carbocycles. The van der Waals surface area contributed by atoms with Crippen molar-refractivity contribution >= 4 is 57.0 Å². The van der Waals surface area contributed by atoms with Gasteiger partial charge in [0.1, 0.15) is 11.5 Å². The number of ether oxygens (including phenoxy) is 1. The highest BCUT2D eigenvalue weighted by Gasteiger charge is 2.39. The monoisotopic (exact) mass is 643 g/mol. The number of benzene rings is 1. The molecule has 0 aliphatic heterocycles. The van der Waals surface area contributed by atoms with Gasteiger partial charge in [-0.3, -0.25) is 4.68 Å². The quantitative estimate of drug-likeness (QED) is 0.218. The second-order valence-electron chi connectivity index (χ2n) is 7.71. The van der Waals surface area contributed by atoms with Gasteiger partial charge in [0.05, 0.1) is 21.2 Å². The molecule has 2 aromatic heterocycles. The van der Waals surface area contributed by atoms with Crippen LogP contribution in [-0.2, 0) is 18.0 Å². The van der Waals surface area contributed by atoms with Crippen LogP contribution in [0.3, 0.4) is 0 Å². The Bertz CT molecular complexity index is 1270. The summed E-state index contributed by atoms with van der Waals surface area (Å²) in [6.07, 6.45) is -5.14. The Hall–Kier alpha value is -2.71. The van der Waals surface area contributed by atoms with Crippen molar-refractivity contribution in [3.05, 3.63) is 44.0 Å². The number of anilines is 2. The minimum Gasteiger partial charge on any atom is -0.459 e. The molecule has 0 fully saturated rings. The van der Waals surface area contributed by atoms with E-state index in [9.17, 15) is 22.4 Å². The molecule has 0 amide bonds. The van der Waals surface area contributed by atoms with Crippen molar-refractivity contribution in [2.75, 3.05) is 23.7 Å². The van der Waals surface area contributed by atoms with Crippen molar-refractivity contribution in [2.24, 2.45) is 7.05 Å². The van der Waals surface area contributed by atoms with Crippen LogP contribution in [0.2, 0.25) is 10.3 Å². The molecule has 0 saturated carbocycles. The summed E-state index contributed by atoms with van der Waals surface area (Å²) >= 11 is 14.3. The first-order chi connectivity index (χ1) is 17.7. The largest absolute Gasteiger partial charge is 0.459 e. The van der Waals surface area contributed by atoms with Gasteiger partial charge in [-0.1, -0.05) is 11.6 Å². The fraction of sp³-hybridized carbons (Fsp3) is 0.409. The highest BCUT2D eigenvalue weighted by atomic mass is 79.9. The van der Waals surface area contributed by atoms with Crippen LogP contribution in [-0.4, -0.2) is 49.9 Å². The van der Waals surface area contributed by atoms with Gasteiger partial charge in [0.15, 0.2) is 5.69 Å². The molecular formula is C22H24BrCl2F4N7O2. The molecule has 0 spiro atoms. The summed E-state index contributed by atoms with van der Waals surface area (Å²) in [5, 5.41) is 9.62. The number of hydrogen-bond donors (Lipinski definition) is 2. The SMILES string of the molecule is CC(C)OC(=O)c1cc(-c2nn(C)c(C(F)(F)F)c2Br)c(F)cc1Cl.CCNc1nc(Cl)nc(NCC)n1. The van der Waals surface area contributed by atoms with Gasteiger partial charge in [-0.2, -0.15) is 33.2 Å². The third kappa shape index (κ3) is 8.14. The summed E-state index contributed by atoms with van der Waals surface area (Å²) in [4.78, 5) is 23.9. The maximum atomic E-state index is 14.3. The number of carbonyl (C=O) groups excluding carboxylic acids is 1. The van der Waals surface area contributed by atoms with Gasteiger partial charge in [0.2, 0.25) is 17.2 Å². The van der Waals surface area contributed by atoms with E-state index in [1.165, 1.54) is 0 Å². The average molecular weight is 645 g/mol. The van der Waals surface area contributed by atoms with Gasteiger partial charge >= 0.3 is 12.1 Å². The molecule has 3 rings (SSSR count). The normalized spacial score (nSPS) is 11.2. The van der Waals surface area contributed by atoms with Crippen LogP contribution in [0.5, 0.6) is 0 Å². The molecule has 0 atom stereocenters. The lowest BCUT2D eigenvalue weighted by Gasteiger charge is -2.11. The number of carbonyl (C=O) groups is 1. The van der Waals surface area contributed by atoms with Gasteiger partial charge in [-0.05, 0) is 67.4 Å². The highest BCUT2D eigenvalue weighted by molar-refractivity contribution is 9.10. The fourth-order valence-electron chi connectivity index (χ4n) is 2.97. The Kier molecular flexibility index (Phi) is 11.1. The molecule has 9 nitrogen and oxygen atoms in total. The van der Waals surface area contributed by atoms with E-state index >= 15 is 0 Å². The van der Waals surface area contributed by atoms with Crippen molar-refractivity contribution < 1.29 is 27.1 Å². The maximum Gasteiger partial charge on any atom is 0.434 e. The zero-order valence-electron chi connectivity index (χ0n) is 20.8. The van der Waals surface area contributed by atoms with Crippen LogP contribution in [0.15, 0.2) is 16.6 Å². The number of aromatic nitrogens is 5. The van der Waals surface area contributed by atoms with Crippen LogP contribution in [0.4, 0.5) is 29.5 Å². The molecule has 0 aliphatic carbocycles. The van der Waals surface area contributed by atoms with E-state index in [2.05, 4.69) is 46.6 Å². The number of alkyl halides is 3. The predicted octanol–water partition coefficient (Wildman–Crippen LogP) is 6.61. The van der Waals surface area contributed by atoms with Crippen LogP contribution < -0.4 is 10.6 Å². The Morgan fingerprint density at radius 3 is 2.11 bits per heavy atom. The maximum absolute atomic E-state index is 14.3. The minimum absolute atomic E-state index is 0.169. The van der Waals surface area contributed by atoms with E-state index in [4.69, 9.17) is 27.9 Å². The van der Waals surface area contributed by atoms with Crippen molar-refractivity contribution in [2.45, 2.75) is 40.0 Å². The molecule has 0 unspecified atom stereocenters. The topological polar surface area (TPSA) is 107 Å². The first kappa shape index (κ1) is 31.5. The Labute approximate surface area is 234 Å². The molecule has 3 aromatic rings. The minimum atomic E-state index is -4.69. The molecule has 0 aliphatic rings. The molecule has 0 saturated heterocycles. The second-order valence-corrected chi connectivity index (χ2v) is 9.25. The Morgan fingerprint density at radius 1 is 1.11 bits per heavy atom. The Balaban J connectivity index is 0.000000328. The number of rotatable bonds is 7. The molecule has 2 heterocycles. The summed E-state index contributed by atoms with van der Waals surface area (Å²) in [5.41, 5.74) is -1.86. The lowest BCUT2D eigenvalue weighted by molar-refractivity contribution is -0.144. The number of halogens is 7. The van der Waals surface area contributed by atoms with E-state index < -0.39 is 34.2 Å². The second kappa shape index (κ2) is 13.4. The summed E-state index contributed by atoms with van der Waals surface area (Å²) < 4.78 is 58.6. The van der Waals surface area contributed by atoms with Crippen LogP contribution in [0.1, 0.15) is 43.7 Å². The zero-order chi connectivity index (χ0) is 28.8. The van der Waals surface area contributed by atoms with Gasteiger partial charge in [-0.15, -0.1) is 0 Å². The molecule has 0 radical (unpaired) electrons. The van der Waals surface area contributed by atoms with Crippen LogP contribution in [0.25, 0.3) is 11.3 Å². The number of nitrogens with zero attached hydrogens (tertiary/aromatic N) is 5. The highest BCUT2D eigenvalue weighted by Crippen LogP contribution is 2.41. The summed E-state index contributed by atoms with van der Waals surface area (Å²) in [5.74, 6) is -0.736. The summed E-state index contributed by atoms with van der Waals surface area (Å²) in [6, 6.07) is 1.86. The van der Waals surface area contributed by atoms with E-state index in [1.807, 2.05) is 13.8 Å². The van der Waals surface area contributed by atoms with Gasteiger partial charge in [-0.25, -0.2) is 9.18 Å². The molecule has 38 heavy (non-hydrogen) atoms. The van der Waals surface area contributed by atoms with E-state index in [0.29, 0.717) is 16.6 Å². The van der Waals surface area contributed by atoms with Gasteiger partial charge in [0.25, 0.3) is 0 Å². The zero-order valence-corrected chi connectivity index (χ0v) is 23.9. The number of aryl methyl sites for hydroxylation is 1. The van der Waals surface area contributed by atoms with Crippen LogP contribution >= 0.6 is 39.1 Å². The molecule has 208 valence electrons. The molecular weight excluding hydrogens is 621 g/mol. The third-order valence-corrected chi connectivity index (χ3v) is 5.64. The van der Waals surface area contributed by atoms with Crippen molar-refractivity contribution in [1.29, 1.82) is 0 Å². The van der Waals surface area contributed by atoms with E-state index in [1.54, 1.807) is 13.8 Å². The first-order valence-electron chi connectivity index (χ1n) is 11.1. The molecule has 0 bridgehead atoms. The third-order valence-electron chi connectivity index (χ3n) is 4.41. The predicted molar refractivity (Wildman–Crippen MR) is 140 cm³/mol. The fourth-order valence-corrected chi connectivity index (χ4v) is 4.13. The van der Waals surface area contributed by atoms with E-state index in [0.717, 1.165) is 32.3 Å². The van der Waals surface area contributed by atoms with Crippen molar-refractivity contribution in [3.8, 4) is 11.3 Å². The van der Waals surface area contributed by atoms with Crippen molar-refractivity contribution in [1.82, 2.24) is 24.7 Å². The smallest absolute Gasteiger partial charge is 0.434 e. The van der Waals surface area contributed by atoms with Gasteiger partial charge in [0, 0.05) is 25.7 Å². The van der Waals surface area contributed by atoms with Gasteiger partial charge < -0.3 is 15.4 Å².